The molecule has 1 heterocycles. The number of ether oxygens (including phenoxy) is 1. The van der Waals surface area contributed by atoms with Crippen molar-refractivity contribution in [2.24, 2.45) is 0 Å². The molecule has 14 heavy (non-hydrogen) atoms. The van der Waals surface area contributed by atoms with Crippen molar-refractivity contribution >= 4 is 5.97 Å². The molecule has 0 spiro atoms. The van der Waals surface area contributed by atoms with Crippen LogP contribution in [-0.2, 0) is 16.0 Å². The third kappa shape index (κ3) is 3.88. The molecule has 0 radical (unpaired) electrons. The molecule has 0 aliphatic heterocycles. The average molecular weight is 205 g/mol. The first-order chi connectivity index (χ1) is 6.47. The van der Waals surface area contributed by atoms with E-state index in [0.29, 0.717) is 5.56 Å². The Morgan fingerprint density at radius 2 is 2.21 bits per heavy atom. The van der Waals surface area contributed by atoms with E-state index in [2.05, 4.69) is 9.72 Å². The first kappa shape index (κ1) is 10.5. The van der Waals surface area contributed by atoms with E-state index in [-0.39, 0.29) is 0 Å². The summed E-state index contributed by atoms with van der Waals surface area (Å²) in [6.07, 6.45) is -2.59. The first-order valence-electron chi connectivity index (χ1n) is 3.65. The normalized spacial score (nSPS) is 11.1. The highest BCUT2D eigenvalue weighted by Gasteiger charge is 2.33. The van der Waals surface area contributed by atoms with Crippen LogP contribution in [0.25, 0.3) is 0 Å². The third-order valence-electron chi connectivity index (χ3n) is 1.30. The van der Waals surface area contributed by atoms with Gasteiger partial charge in [-0.15, -0.1) is 13.2 Å². The maximum absolute atomic E-state index is 11.6. The van der Waals surface area contributed by atoms with Gasteiger partial charge in [0, 0.05) is 12.4 Å². The predicted molar refractivity (Wildman–Crippen MR) is 40.1 cm³/mol. The minimum Gasteiger partial charge on any atom is -0.373 e. The number of pyridine rings is 1. The number of carbonyl (C=O) groups excluding carboxylic acids is 1. The van der Waals surface area contributed by atoms with Crippen molar-refractivity contribution in [3.8, 4) is 0 Å². The molecule has 1 aromatic rings. The van der Waals surface area contributed by atoms with Gasteiger partial charge in [0.05, 0.1) is 6.42 Å². The van der Waals surface area contributed by atoms with Crippen LogP contribution < -0.4 is 0 Å². The fourth-order valence-corrected chi connectivity index (χ4v) is 0.835. The Bertz CT molecular complexity index is 310. The summed E-state index contributed by atoms with van der Waals surface area (Å²) in [4.78, 5) is 14.3. The topological polar surface area (TPSA) is 39.2 Å². The quantitative estimate of drug-likeness (QED) is 0.689. The van der Waals surface area contributed by atoms with E-state index in [1.165, 1.54) is 24.5 Å². The minimum atomic E-state index is -4.92. The van der Waals surface area contributed by atoms with Crippen LogP contribution in [0.4, 0.5) is 13.2 Å². The van der Waals surface area contributed by atoms with Crippen LogP contribution >= 0.6 is 0 Å². The summed E-state index contributed by atoms with van der Waals surface area (Å²) in [6, 6.07) is 3.01. The number of nitrogens with zero attached hydrogens (tertiary/aromatic N) is 1. The first-order valence-corrected chi connectivity index (χ1v) is 3.65. The van der Waals surface area contributed by atoms with Crippen molar-refractivity contribution in [1.82, 2.24) is 4.98 Å². The fraction of sp³-hybridized carbons (Fsp3) is 0.250. The Labute approximate surface area is 77.5 Å². The Morgan fingerprint density at radius 1 is 1.50 bits per heavy atom. The highest BCUT2D eigenvalue weighted by Crippen LogP contribution is 2.17. The molecule has 0 saturated carbocycles. The van der Waals surface area contributed by atoms with Gasteiger partial charge < -0.3 is 4.74 Å². The van der Waals surface area contributed by atoms with Crippen molar-refractivity contribution in [3.05, 3.63) is 30.1 Å². The molecule has 1 aromatic heterocycles. The maximum atomic E-state index is 11.6. The van der Waals surface area contributed by atoms with Crippen molar-refractivity contribution in [3.63, 3.8) is 0 Å². The minimum absolute atomic E-state index is 0.377. The van der Waals surface area contributed by atoms with E-state index in [9.17, 15) is 18.0 Å². The summed E-state index contributed by atoms with van der Waals surface area (Å²) in [5.74, 6) is -1.34. The molecule has 0 aliphatic rings. The second-order valence-electron chi connectivity index (χ2n) is 2.46. The van der Waals surface area contributed by atoms with E-state index in [1.54, 1.807) is 0 Å². The van der Waals surface area contributed by atoms with Crippen molar-refractivity contribution in [2.45, 2.75) is 12.8 Å². The maximum Gasteiger partial charge on any atom is 0.575 e. The van der Waals surface area contributed by atoms with Crippen LogP contribution in [0.1, 0.15) is 5.56 Å². The van der Waals surface area contributed by atoms with E-state index in [0.717, 1.165) is 0 Å². The van der Waals surface area contributed by atoms with Gasteiger partial charge in [0.15, 0.2) is 0 Å². The summed E-state index contributed by atoms with van der Waals surface area (Å²) < 4.78 is 37.8. The number of hydrogen-bond acceptors (Lipinski definition) is 3. The smallest absolute Gasteiger partial charge is 0.373 e. The van der Waals surface area contributed by atoms with Gasteiger partial charge in [0.25, 0.3) is 0 Å². The van der Waals surface area contributed by atoms with Crippen LogP contribution in [0.15, 0.2) is 24.5 Å². The molecule has 0 fully saturated rings. The zero-order valence-electron chi connectivity index (χ0n) is 6.91. The van der Waals surface area contributed by atoms with Gasteiger partial charge >= 0.3 is 12.3 Å². The SMILES string of the molecule is O=C(Cc1cccnc1)OC(F)(F)F. The molecule has 0 amide bonds. The van der Waals surface area contributed by atoms with E-state index in [4.69, 9.17) is 0 Å². The molecule has 0 N–H and O–H groups in total. The number of esters is 1. The Kier molecular flexibility index (Phi) is 3.06. The molecule has 0 atom stereocenters. The summed E-state index contributed by atoms with van der Waals surface area (Å²) >= 11 is 0. The van der Waals surface area contributed by atoms with Gasteiger partial charge in [-0.1, -0.05) is 6.07 Å². The van der Waals surface area contributed by atoms with Crippen LogP contribution in [0.3, 0.4) is 0 Å². The van der Waals surface area contributed by atoms with Crippen molar-refractivity contribution in [1.29, 1.82) is 0 Å². The second-order valence-corrected chi connectivity index (χ2v) is 2.46. The highest BCUT2D eigenvalue weighted by molar-refractivity contribution is 5.72. The number of carbonyl (C=O) groups is 1. The Balaban J connectivity index is 2.50. The van der Waals surface area contributed by atoms with Crippen LogP contribution in [0.5, 0.6) is 0 Å². The molecular weight excluding hydrogens is 199 g/mol. The zero-order chi connectivity index (χ0) is 10.6. The number of rotatable bonds is 2. The predicted octanol–water partition coefficient (Wildman–Crippen LogP) is 1.69. The fourth-order valence-electron chi connectivity index (χ4n) is 0.835. The Hall–Kier alpha value is -1.59. The summed E-state index contributed by atoms with van der Waals surface area (Å²) in [5.41, 5.74) is 0.377. The molecule has 1 rings (SSSR count). The summed E-state index contributed by atoms with van der Waals surface area (Å²) in [5, 5.41) is 0. The van der Waals surface area contributed by atoms with E-state index >= 15 is 0 Å². The number of halogens is 3. The monoisotopic (exact) mass is 205 g/mol. The second kappa shape index (κ2) is 4.08. The highest BCUT2D eigenvalue weighted by atomic mass is 19.4. The molecular formula is C8H6F3NO2. The Morgan fingerprint density at radius 3 is 2.71 bits per heavy atom. The molecule has 76 valence electrons. The molecule has 0 bridgehead atoms. The lowest BCUT2D eigenvalue weighted by atomic mass is 10.2. The number of aromatic nitrogens is 1. The standard InChI is InChI=1S/C8H6F3NO2/c9-8(10,11)14-7(13)4-6-2-1-3-12-5-6/h1-3,5H,4H2. The average Bonchev–Trinajstić information content (AvgIpc) is 2.02. The summed E-state index contributed by atoms with van der Waals surface area (Å²) in [6.45, 7) is 0. The molecule has 0 saturated heterocycles. The number of hydrogen-bond donors (Lipinski definition) is 0. The number of alkyl halides is 3. The van der Waals surface area contributed by atoms with E-state index < -0.39 is 18.8 Å². The van der Waals surface area contributed by atoms with Gasteiger partial charge in [-0.3, -0.25) is 9.78 Å². The molecule has 3 nitrogen and oxygen atoms in total. The van der Waals surface area contributed by atoms with Crippen molar-refractivity contribution in [2.75, 3.05) is 0 Å². The third-order valence-corrected chi connectivity index (χ3v) is 1.30. The van der Waals surface area contributed by atoms with Gasteiger partial charge in [0.2, 0.25) is 0 Å². The lowest BCUT2D eigenvalue weighted by molar-refractivity contribution is -0.305. The van der Waals surface area contributed by atoms with Crippen molar-refractivity contribution < 1.29 is 22.7 Å². The molecule has 0 aromatic carbocycles. The van der Waals surface area contributed by atoms with Crippen LogP contribution in [0, 0.1) is 0 Å². The molecule has 0 unspecified atom stereocenters. The zero-order valence-corrected chi connectivity index (χ0v) is 6.91. The van der Waals surface area contributed by atoms with Gasteiger partial charge in [-0.2, -0.15) is 0 Å². The van der Waals surface area contributed by atoms with Gasteiger partial charge in [0.1, 0.15) is 0 Å². The van der Waals surface area contributed by atoms with Gasteiger partial charge in [-0.05, 0) is 11.6 Å². The lowest BCUT2D eigenvalue weighted by Crippen LogP contribution is -2.20. The van der Waals surface area contributed by atoms with Crippen LogP contribution in [0.2, 0.25) is 0 Å². The summed E-state index contributed by atoms with van der Waals surface area (Å²) in [7, 11) is 0. The van der Waals surface area contributed by atoms with E-state index in [1.807, 2.05) is 0 Å². The molecule has 0 aliphatic carbocycles. The van der Waals surface area contributed by atoms with Crippen LogP contribution in [-0.4, -0.2) is 17.3 Å². The molecule has 6 heteroatoms. The lowest BCUT2D eigenvalue weighted by Gasteiger charge is -2.06. The largest absolute Gasteiger partial charge is 0.575 e. The van der Waals surface area contributed by atoms with Gasteiger partial charge in [-0.25, -0.2) is 0 Å².